The van der Waals surface area contributed by atoms with E-state index < -0.39 is 0 Å². The van der Waals surface area contributed by atoms with E-state index in [1.807, 2.05) is 54.4 Å². The van der Waals surface area contributed by atoms with Gasteiger partial charge in [-0.15, -0.1) is 6.58 Å². The van der Waals surface area contributed by atoms with E-state index in [0.29, 0.717) is 26.2 Å². The summed E-state index contributed by atoms with van der Waals surface area (Å²) in [4.78, 5) is 6.67. The van der Waals surface area contributed by atoms with Gasteiger partial charge in [0, 0.05) is 26.6 Å². The first-order chi connectivity index (χ1) is 12.7. The van der Waals surface area contributed by atoms with E-state index in [1.54, 1.807) is 13.4 Å². The van der Waals surface area contributed by atoms with Crippen molar-refractivity contribution < 1.29 is 13.9 Å². The molecule has 0 saturated heterocycles. The zero-order valence-electron chi connectivity index (χ0n) is 15.5. The Kier molecular flexibility index (Phi) is 8.12. The number of nitrogens with one attached hydrogen (secondary N) is 1. The molecule has 0 saturated carbocycles. The summed E-state index contributed by atoms with van der Waals surface area (Å²) >= 11 is 0. The van der Waals surface area contributed by atoms with Crippen molar-refractivity contribution in [1.82, 2.24) is 10.2 Å². The molecule has 0 atom stereocenters. The van der Waals surface area contributed by atoms with Crippen molar-refractivity contribution >= 4 is 5.96 Å². The lowest BCUT2D eigenvalue weighted by Crippen LogP contribution is -2.41. The van der Waals surface area contributed by atoms with Gasteiger partial charge in [0.05, 0.1) is 19.9 Å². The standard InChI is InChI=1S/C20H27N3O3/c1-4-12-21-20(22-13-11-18-6-5-15-25-18)23(2)14-16-26-19-9-7-17(24-3)8-10-19/h4-10,15H,1,11-14,16H2,2-3H3,(H,21,22). The molecule has 0 unspecified atom stereocenters. The van der Waals surface area contributed by atoms with E-state index in [4.69, 9.17) is 13.9 Å². The Balaban J connectivity index is 1.81. The summed E-state index contributed by atoms with van der Waals surface area (Å²) in [5.74, 6) is 3.38. The number of hydrogen-bond donors (Lipinski definition) is 1. The van der Waals surface area contributed by atoms with Crippen molar-refractivity contribution in [3.8, 4) is 11.5 Å². The minimum Gasteiger partial charge on any atom is -0.497 e. The summed E-state index contributed by atoms with van der Waals surface area (Å²) in [5.41, 5.74) is 0. The van der Waals surface area contributed by atoms with Gasteiger partial charge in [-0.1, -0.05) is 6.08 Å². The van der Waals surface area contributed by atoms with Crippen LogP contribution in [0.15, 0.2) is 64.7 Å². The molecule has 0 fully saturated rings. The van der Waals surface area contributed by atoms with Crippen molar-refractivity contribution in [3.05, 3.63) is 61.1 Å². The van der Waals surface area contributed by atoms with Gasteiger partial charge in [0.25, 0.3) is 0 Å². The molecule has 6 heteroatoms. The van der Waals surface area contributed by atoms with Gasteiger partial charge in [-0.05, 0) is 36.4 Å². The summed E-state index contributed by atoms with van der Waals surface area (Å²) in [6.45, 7) is 6.30. The van der Waals surface area contributed by atoms with Crippen molar-refractivity contribution in [2.24, 2.45) is 4.99 Å². The molecule has 1 aromatic heterocycles. The first-order valence-corrected chi connectivity index (χ1v) is 8.62. The van der Waals surface area contributed by atoms with Gasteiger partial charge < -0.3 is 24.1 Å². The molecule has 0 aliphatic carbocycles. The van der Waals surface area contributed by atoms with Crippen LogP contribution in [0.1, 0.15) is 5.76 Å². The van der Waals surface area contributed by atoms with E-state index in [-0.39, 0.29) is 0 Å². The fourth-order valence-electron chi connectivity index (χ4n) is 2.28. The van der Waals surface area contributed by atoms with Crippen LogP contribution in [0.3, 0.4) is 0 Å². The fourth-order valence-corrected chi connectivity index (χ4v) is 2.28. The second-order valence-electron chi connectivity index (χ2n) is 5.65. The van der Waals surface area contributed by atoms with Crippen LogP contribution in [-0.4, -0.2) is 51.3 Å². The van der Waals surface area contributed by atoms with Gasteiger partial charge in [-0.2, -0.15) is 0 Å². The summed E-state index contributed by atoms with van der Waals surface area (Å²) in [5, 5.41) is 3.27. The van der Waals surface area contributed by atoms with Crippen molar-refractivity contribution in [2.45, 2.75) is 6.42 Å². The third kappa shape index (κ3) is 6.55. The van der Waals surface area contributed by atoms with Gasteiger partial charge in [0.1, 0.15) is 23.9 Å². The van der Waals surface area contributed by atoms with Crippen LogP contribution in [0, 0.1) is 0 Å². The Labute approximate surface area is 155 Å². The van der Waals surface area contributed by atoms with Gasteiger partial charge in [-0.3, -0.25) is 4.99 Å². The zero-order valence-corrected chi connectivity index (χ0v) is 15.5. The molecular formula is C20H27N3O3. The van der Waals surface area contributed by atoms with Crippen LogP contribution in [0.2, 0.25) is 0 Å². The van der Waals surface area contributed by atoms with Crippen LogP contribution >= 0.6 is 0 Å². The smallest absolute Gasteiger partial charge is 0.194 e. The summed E-state index contributed by atoms with van der Waals surface area (Å²) in [7, 11) is 3.63. The Bertz CT molecular complexity index is 666. The molecule has 140 valence electrons. The van der Waals surface area contributed by atoms with Crippen LogP contribution in [0.25, 0.3) is 0 Å². The van der Waals surface area contributed by atoms with E-state index >= 15 is 0 Å². The SMILES string of the molecule is C=CCNC(=NCCc1ccco1)N(C)CCOc1ccc(OC)cc1. The molecule has 0 bridgehead atoms. The number of rotatable bonds is 10. The van der Waals surface area contributed by atoms with Gasteiger partial charge in [-0.25, -0.2) is 0 Å². The van der Waals surface area contributed by atoms with Crippen LogP contribution < -0.4 is 14.8 Å². The molecule has 0 aliphatic rings. The molecule has 1 N–H and O–H groups in total. The van der Waals surface area contributed by atoms with Crippen LogP contribution in [0.5, 0.6) is 11.5 Å². The largest absolute Gasteiger partial charge is 0.497 e. The maximum absolute atomic E-state index is 5.78. The number of furan rings is 1. The molecule has 0 amide bonds. The highest BCUT2D eigenvalue weighted by Crippen LogP contribution is 2.16. The topological polar surface area (TPSA) is 59.2 Å². The van der Waals surface area contributed by atoms with Crippen molar-refractivity contribution in [2.75, 3.05) is 40.4 Å². The van der Waals surface area contributed by atoms with Crippen molar-refractivity contribution in [3.63, 3.8) is 0 Å². The first-order valence-electron chi connectivity index (χ1n) is 8.62. The fraction of sp³-hybridized carbons (Fsp3) is 0.350. The highest BCUT2D eigenvalue weighted by molar-refractivity contribution is 5.79. The number of ether oxygens (including phenoxy) is 2. The molecule has 0 spiro atoms. The third-order valence-electron chi connectivity index (χ3n) is 3.72. The van der Waals surface area contributed by atoms with E-state index in [0.717, 1.165) is 29.6 Å². The molecule has 26 heavy (non-hydrogen) atoms. The lowest BCUT2D eigenvalue weighted by Gasteiger charge is -2.22. The minimum atomic E-state index is 0.551. The predicted molar refractivity (Wildman–Crippen MR) is 104 cm³/mol. The second kappa shape index (κ2) is 10.9. The molecule has 1 heterocycles. The van der Waals surface area contributed by atoms with Crippen LogP contribution in [0.4, 0.5) is 0 Å². The van der Waals surface area contributed by atoms with Gasteiger partial charge in [0.2, 0.25) is 0 Å². The molecule has 0 aliphatic heterocycles. The number of methoxy groups -OCH3 is 1. The number of guanidine groups is 1. The molecule has 6 nitrogen and oxygen atoms in total. The molecule has 0 radical (unpaired) electrons. The highest BCUT2D eigenvalue weighted by Gasteiger charge is 2.06. The Morgan fingerprint density at radius 2 is 2.04 bits per heavy atom. The number of likely N-dealkylation sites (N-methyl/N-ethyl adjacent to an activating group) is 1. The summed E-state index contributed by atoms with van der Waals surface area (Å²) in [6.07, 6.45) is 4.25. The normalized spacial score (nSPS) is 11.1. The van der Waals surface area contributed by atoms with Gasteiger partial charge in [0.15, 0.2) is 5.96 Å². The number of hydrogen-bond acceptors (Lipinski definition) is 4. The van der Waals surface area contributed by atoms with E-state index in [1.165, 1.54) is 0 Å². The average Bonchev–Trinajstić information content (AvgIpc) is 3.18. The predicted octanol–water partition coefficient (Wildman–Crippen LogP) is 2.97. The zero-order chi connectivity index (χ0) is 18.6. The second-order valence-corrected chi connectivity index (χ2v) is 5.65. The quantitative estimate of drug-likeness (QED) is 0.402. The lowest BCUT2D eigenvalue weighted by molar-refractivity contribution is 0.281. The molecular weight excluding hydrogens is 330 g/mol. The monoisotopic (exact) mass is 357 g/mol. The van der Waals surface area contributed by atoms with Crippen molar-refractivity contribution in [1.29, 1.82) is 0 Å². The first kappa shape index (κ1) is 19.4. The maximum atomic E-state index is 5.78. The average molecular weight is 357 g/mol. The summed E-state index contributed by atoms with van der Waals surface area (Å²) < 4.78 is 16.3. The van der Waals surface area contributed by atoms with E-state index in [9.17, 15) is 0 Å². The Hall–Kier alpha value is -2.89. The van der Waals surface area contributed by atoms with Gasteiger partial charge >= 0.3 is 0 Å². The third-order valence-corrected chi connectivity index (χ3v) is 3.72. The number of nitrogens with zero attached hydrogens (tertiary/aromatic N) is 2. The molecule has 2 rings (SSSR count). The van der Waals surface area contributed by atoms with E-state index in [2.05, 4.69) is 16.9 Å². The highest BCUT2D eigenvalue weighted by atomic mass is 16.5. The molecule has 1 aromatic carbocycles. The Morgan fingerprint density at radius 1 is 1.27 bits per heavy atom. The lowest BCUT2D eigenvalue weighted by atomic mass is 10.3. The van der Waals surface area contributed by atoms with Crippen LogP contribution in [-0.2, 0) is 6.42 Å². The molecule has 2 aromatic rings. The number of benzene rings is 1. The number of aliphatic imine (C=N–C) groups is 1. The maximum Gasteiger partial charge on any atom is 0.194 e. The minimum absolute atomic E-state index is 0.551. The Morgan fingerprint density at radius 3 is 2.69 bits per heavy atom. The summed E-state index contributed by atoms with van der Waals surface area (Å²) in [6, 6.07) is 11.4.